The fourth-order valence-corrected chi connectivity index (χ4v) is 5.76. The number of halogens is 3. The normalized spacial score (nSPS) is 14.5. The molecule has 0 bridgehead atoms. The first-order valence-electron chi connectivity index (χ1n) is 13.8. The molecule has 13 heteroatoms. The minimum atomic E-state index is -4.75. The van der Waals surface area contributed by atoms with Crippen LogP contribution in [0.4, 0.5) is 18.9 Å². The molecule has 1 fully saturated rings. The zero-order valence-electron chi connectivity index (χ0n) is 24.1. The van der Waals surface area contributed by atoms with Gasteiger partial charge in [-0.3, -0.25) is 9.69 Å². The van der Waals surface area contributed by atoms with Crippen molar-refractivity contribution in [1.29, 1.82) is 0 Å². The van der Waals surface area contributed by atoms with E-state index in [1.165, 1.54) is 47.0 Å². The average molecular weight is 639 g/mol. The van der Waals surface area contributed by atoms with Crippen molar-refractivity contribution < 1.29 is 22.7 Å². The van der Waals surface area contributed by atoms with E-state index in [9.17, 15) is 18.0 Å². The van der Waals surface area contributed by atoms with Gasteiger partial charge >= 0.3 is 6.36 Å². The van der Waals surface area contributed by atoms with Crippen molar-refractivity contribution in [3.8, 4) is 22.8 Å². The van der Waals surface area contributed by atoms with Gasteiger partial charge in [-0.1, -0.05) is 55.9 Å². The van der Waals surface area contributed by atoms with Gasteiger partial charge in [0.25, 0.3) is 0 Å². The summed E-state index contributed by atoms with van der Waals surface area (Å²) in [5.41, 5.74) is 5.33. The average Bonchev–Trinajstić information content (AvgIpc) is 3.60. The van der Waals surface area contributed by atoms with Crippen molar-refractivity contribution in [2.75, 3.05) is 17.2 Å². The van der Waals surface area contributed by atoms with Gasteiger partial charge in [0.05, 0.1) is 17.1 Å². The molecule has 4 aromatic rings. The van der Waals surface area contributed by atoms with Crippen LogP contribution in [0.25, 0.3) is 17.1 Å². The Balaban J connectivity index is 1.21. The molecule has 2 heterocycles. The lowest BCUT2D eigenvalue weighted by molar-refractivity contribution is -0.274. The van der Waals surface area contributed by atoms with Gasteiger partial charge in [0, 0.05) is 12.1 Å². The van der Waals surface area contributed by atoms with Crippen LogP contribution < -0.4 is 15.0 Å². The molecule has 0 atom stereocenters. The van der Waals surface area contributed by atoms with Crippen LogP contribution in [0.1, 0.15) is 36.5 Å². The van der Waals surface area contributed by atoms with Crippen molar-refractivity contribution in [2.45, 2.75) is 39.5 Å². The maximum atomic E-state index is 12.8. The number of nitrogens with zero attached hydrogens (tertiary/aromatic N) is 5. The standard InChI is InChI=1S/C31H29F3N6O2S2/c1-19(2)25-12-7-20(3)15-26(25)40-27(41)17-44-30(40)37-29(43)35-14-13-21-5-4-6-22(16-21)28-36-18-39(38-28)23-8-10-24(11-9-23)42-31(32,33)34/h4-12,15-16,18-19H,13-14,17H2,1-3H3,(H,35,43). The predicted molar refractivity (Wildman–Crippen MR) is 170 cm³/mol. The third kappa shape index (κ3) is 7.64. The van der Waals surface area contributed by atoms with Crippen LogP contribution in [0.15, 0.2) is 78.0 Å². The topological polar surface area (TPSA) is 84.6 Å². The molecule has 1 N–H and O–H groups in total. The van der Waals surface area contributed by atoms with Gasteiger partial charge in [-0.05, 0) is 84.6 Å². The van der Waals surface area contributed by atoms with Crippen LogP contribution in [0, 0.1) is 6.92 Å². The van der Waals surface area contributed by atoms with Gasteiger partial charge in [0.15, 0.2) is 16.1 Å². The number of thioether (sulfide) groups is 1. The fraction of sp³-hybridized carbons (Fsp3) is 0.258. The molecule has 1 aromatic heterocycles. The Morgan fingerprint density at radius 1 is 1.14 bits per heavy atom. The monoisotopic (exact) mass is 638 g/mol. The molecule has 0 radical (unpaired) electrons. The van der Waals surface area contributed by atoms with E-state index in [4.69, 9.17) is 12.2 Å². The van der Waals surface area contributed by atoms with E-state index in [1.54, 1.807) is 4.90 Å². The molecule has 0 unspecified atom stereocenters. The second-order valence-electron chi connectivity index (χ2n) is 10.4. The van der Waals surface area contributed by atoms with E-state index in [-0.39, 0.29) is 17.6 Å². The van der Waals surface area contributed by atoms with Gasteiger partial charge in [0.2, 0.25) is 5.91 Å². The molecular formula is C31H29F3N6O2S2. The van der Waals surface area contributed by atoms with Crippen LogP contribution in [0.2, 0.25) is 0 Å². The van der Waals surface area contributed by atoms with E-state index >= 15 is 0 Å². The predicted octanol–water partition coefficient (Wildman–Crippen LogP) is 6.82. The van der Waals surface area contributed by atoms with Crippen molar-refractivity contribution in [3.63, 3.8) is 0 Å². The van der Waals surface area contributed by atoms with Crippen LogP contribution in [-0.2, 0) is 11.2 Å². The zero-order valence-corrected chi connectivity index (χ0v) is 25.8. The number of aryl methyl sites for hydroxylation is 1. The molecule has 0 spiro atoms. The van der Waals surface area contributed by atoms with Crippen molar-refractivity contribution in [2.24, 2.45) is 4.99 Å². The van der Waals surface area contributed by atoms with Crippen LogP contribution in [0.3, 0.4) is 0 Å². The van der Waals surface area contributed by atoms with Gasteiger partial charge < -0.3 is 10.1 Å². The van der Waals surface area contributed by atoms with Crippen LogP contribution >= 0.6 is 24.0 Å². The summed E-state index contributed by atoms with van der Waals surface area (Å²) < 4.78 is 42.7. The van der Waals surface area contributed by atoms with E-state index in [2.05, 4.69) is 45.0 Å². The van der Waals surface area contributed by atoms with Gasteiger partial charge in [-0.2, -0.15) is 4.99 Å². The number of hydrogen-bond donors (Lipinski definition) is 1. The number of aliphatic imine (C=N–C) groups is 1. The Morgan fingerprint density at radius 3 is 2.64 bits per heavy atom. The Morgan fingerprint density at radius 2 is 1.91 bits per heavy atom. The Hall–Kier alpha value is -4.23. The third-order valence-electron chi connectivity index (χ3n) is 6.71. The molecule has 3 aromatic carbocycles. The first-order chi connectivity index (χ1) is 21.0. The summed E-state index contributed by atoms with van der Waals surface area (Å²) in [5.74, 6) is 0.680. The third-order valence-corrected chi connectivity index (χ3v) is 7.87. The van der Waals surface area contributed by atoms with Crippen LogP contribution in [0.5, 0.6) is 5.75 Å². The number of anilines is 1. The van der Waals surface area contributed by atoms with E-state index < -0.39 is 6.36 Å². The van der Waals surface area contributed by atoms with E-state index in [0.717, 1.165) is 27.9 Å². The largest absolute Gasteiger partial charge is 0.573 e. The van der Waals surface area contributed by atoms with E-state index in [1.807, 2.05) is 43.3 Å². The number of hydrogen-bond acceptors (Lipinski definition) is 6. The smallest absolute Gasteiger partial charge is 0.406 e. The molecule has 44 heavy (non-hydrogen) atoms. The van der Waals surface area contributed by atoms with E-state index in [0.29, 0.717) is 40.5 Å². The molecule has 0 saturated carbocycles. The Bertz CT molecular complexity index is 1700. The minimum absolute atomic E-state index is 0.0237. The number of carbonyl (C=O) groups is 1. The lowest BCUT2D eigenvalue weighted by atomic mass is 9.99. The number of aromatic nitrogens is 3. The Kier molecular flexibility index (Phi) is 9.35. The highest BCUT2D eigenvalue weighted by Gasteiger charge is 2.32. The quantitative estimate of drug-likeness (QED) is 0.212. The van der Waals surface area contributed by atoms with Crippen molar-refractivity contribution in [3.05, 3.63) is 89.7 Å². The maximum absolute atomic E-state index is 12.8. The summed E-state index contributed by atoms with van der Waals surface area (Å²) in [7, 11) is 0. The summed E-state index contributed by atoms with van der Waals surface area (Å²) in [6.45, 7) is 6.72. The number of thiocarbonyl (C=S) groups is 1. The number of benzene rings is 3. The number of carbonyl (C=O) groups excluding carboxylic acids is 1. The SMILES string of the molecule is Cc1ccc(C(C)C)c(N2C(=O)CSC2=NC(=S)NCCc2cccc(-c3ncn(-c4ccc(OC(F)(F)F)cc4)n3)c2)c1. The molecule has 8 nitrogen and oxygen atoms in total. The summed E-state index contributed by atoms with van der Waals surface area (Å²) in [5, 5.41) is 8.51. The Labute approximate surface area is 262 Å². The lowest BCUT2D eigenvalue weighted by Crippen LogP contribution is -2.32. The first kappa shape index (κ1) is 31.2. The summed E-state index contributed by atoms with van der Waals surface area (Å²) in [6, 6.07) is 19.2. The van der Waals surface area contributed by atoms with Crippen LogP contribution in [-0.4, -0.2) is 49.6 Å². The maximum Gasteiger partial charge on any atom is 0.573 e. The zero-order chi connectivity index (χ0) is 31.4. The molecule has 1 amide bonds. The lowest BCUT2D eigenvalue weighted by Gasteiger charge is -2.22. The minimum Gasteiger partial charge on any atom is -0.406 e. The molecule has 1 aliphatic rings. The van der Waals surface area contributed by atoms with Gasteiger partial charge in [-0.25, -0.2) is 9.67 Å². The number of ether oxygens (including phenoxy) is 1. The fourth-order valence-electron chi connectivity index (χ4n) is 4.64. The number of amidine groups is 1. The highest BCUT2D eigenvalue weighted by Crippen LogP contribution is 2.34. The second kappa shape index (κ2) is 13.2. The van der Waals surface area contributed by atoms with Gasteiger partial charge in [-0.15, -0.1) is 18.3 Å². The number of rotatable bonds is 8. The van der Waals surface area contributed by atoms with Crippen molar-refractivity contribution >= 4 is 45.9 Å². The second-order valence-corrected chi connectivity index (χ2v) is 11.7. The molecule has 1 saturated heterocycles. The molecular weight excluding hydrogens is 610 g/mol. The van der Waals surface area contributed by atoms with Crippen molar-refractivity contribution in [1.82, 2.24) is 20.1 Å². The summed E-state index contributed by atoms with van der Waals surface area (Å²) >= 11 is 6.88. The van der Waals surface area contributed by atoms with Gasteiger partial charge in [0.1, 0.15) is 12.1 Å². The highest BCUT2D eigenvalue weighted by atomic mass is 32.2. The number of nitrogens with one attached hydrogen (secondary N) is 1. The summed E-state index contributed by atoms with van der Waals surface area (Å²) in [4.78, 5) is 23.5. The number of amides is 1. The molecule has 228 valence electrons. The summed E-state index contributed by atoms with van der Waals surface area (Å²) in [6.07, 6.45) is -2.61. The first-order valence-corrected chi connectivity index (χ1v) is 15.2. The number of alkyl halides is 3. The molecule has 5 rings (SSSR count). The molecule has 1 aliphatic heterocycles. The highest BCUT2D eigenvalue weighted by molar-refractivity contribution is 8.15. The molecule has 0 aliphatic carbocycles.